The summed E-state index contributed by atoms with van der Waals surface area (Å²) in [6, 6.07) is 8.08. The van der Waals surface area contributed by atoms with Crippen molar-refractivity contribution in [1.82, 2.24) is 24.8 Å². The third-order valence-electron chi connectivity index (χ3n) is 4.76. The Bertz CT molecular complexity index is 966. The van der Waals surface area contributed by atoms with Gasteiger partial charge in [-0.3, -0.25) is 9.69 Å². The molecule has 0 aliphatic carbocycles. The van der Waals surface area contributed by atoms with Crippen molar-refractivity contribution in [1.29, 1.82) is 0 Å². The summed E-state index contributed by atoms with van der Waals surface area (Å²) in [5.74, 6) is 1.37. The van der Waals surface area contributed by atoms with Crippen LogP contribution in [0.5, 0.6) is 11.6 Å². The second kappa shape index (κ2) is 6.76. The average molecular weight is 351 g/mol. The number of nitrogens with zero attached hydrogens (tertiary/aromatic N) is 4. The molecule has 0 spiro atoms. The van der Waals surface area contributed by atoms with E-state index in [1.807, 2.05) is 31.4 Å². The molecule has 1 aromatic carbocycles. The zero-order valence-electron chi connectivity index (χ0n) is 14.9. The Balaban J connectivity index is 1.56. The van der Waals surface area contributed by atoms with Crippen molar-refractivity contribution in [2.24, 2.45) is 7.05 Å². The number of rotatable bonds is 4. The predicted molar refractivity (Wildman–Crippen MR) is 98.1 cm³/mol. The maximum atomic E-state index is 11.6. The fourth-order valence-electron chi connectivity index (χ4n) is 3.32. The van der Waals surface area contributed by atoms with Gasteiger partial charge in [-0.2, -0.15) is 0 Å². The van der Waals surface area contributed by atoms with Crippen LogP contribution in [0, 0.1) is 0 Å². The Hall–Kier alpha value is -2.93. The topological polar surface area (TPSA) is 72.3 Å². The first-order chi connectivity index (χ1) is 12.6. The Kier molecular flexibility index (Phi) is 4.30. The minimum absolute atomic E-state index is 0.00939. The molecule has 0 bridgehead atoms. The van der Waals surface area contributed by atoms with Gasteiger partial charge in [-0.15, -0.1) is 0 Å². The molecule has 4 rings (SSSR count). The lowest BCUT2D eigenvalue weighted by molar-refractivity contribution is -0.121. The summed E-state index contributed by atoms with van der Waals surface area (Å²) in [4.78, 5) is 22.4. The molecule has 2 aromatic heterocycles. The van der Waals surface area contributed by atoms with E-state index in [1.165, 1.54) is 6.33 Å². The van der Waals surface area contributed by atoms with Crippen molar-refractivity contribution in [3.63, 3.8) is 0 Å². The molecule has 7 nitrogen and oxygen atoms in total. The Morgan fingerprint density at radius 1 is 1.31 bits per heavy atom. The standard InChI is InChI=1S/C19H21N5O2/c1-20-18(25)11-24-8-6-15-16(10-24)21-12-22-19(15)26-14-3-4-17-13(9-14)5-7-23(17)2/h3-5,7,9,12H,6,8,10-11H2,1-2H3,(H,20,25). The third kappa shape index (κ3) is 3.13. The number of amides is 1. The van der Waals surface area contributed by atoms with Crippen molar-refractivity contribution in [3.05, 3.63) is 48.0 Å². The molecule has 0 radical (unpaired) electrons. The minimum Gasteiger partial charge on any atom is -0.439 e. The van der Waals surface area contributed by atoms with E-state index in [0.29, 0.717) is 19.0 Å². The highest BCUT2D eigenvalue weighted by atomic mass is 16.5. The van der Waals surface area contributed by atoms with Crippen LogP contribution in [0.4, 0.5) is 0 Å². The fourth-order valence-corrected chi connectivity index (χ4v) is 3.32. The zero-order chi connectivity index (χ0) is 18.1. The Morgan fingerprint density at radius 2 is 2.19 bits per heavy atom. The van der Waals surface area contributed by atoms with E-state index in [0.717, 1.165) is 40.9 Å². The average Bonchev–Trinajstić information content (AvgIpc) is 3.02. The summed E-state index contributed by atoms with van der Waals surface area (Å²) >= 11 is 0. The highest BCUT2D eigenvalue weighted by Crippen LogP contribution is 2.30. The number of aryl methyl sites for hydroxylation is 1. The lowest BCUT2D eigenvalue weighted by Crippen LogP contribution is -2.39. The van der Waals surface area contributed by atoms with E-state index in [4.69, 9.17) is 4.74 Å². The monoisotopic (exact) mass is 351 g/mol. The van der Waals surface area contributed by atoms with Gasteiger partial charge in [-0.05, 0) is 30.7 Å². The van der Waals surface area contributed by atoms with Gasteiger partial charge in [0.05, 0.1) is 12.2 Å². The maximum absolute atomic E-state index is 11.6. The van der Waals surface area contributed by atoms with Crippen LogP contribution in [0.1, 0.15) is 11.3 Å². The molecular weight excluding hydrogens is 330 g/mol. The number of ether oxygens (including phenoxy) is 1. The number of hydrogen-bond donors (Lipinski definition) is 1. The van der Waals surface area contributed by atoms with Crippen LogP contribution in [0.2, 0.25) is 0 Å². The molecule has 1 amide bonds. The number of carbonyl (C=O) groups is 1. The first-order valence-corrected chi connectivity index (χ1v) is 8.62. The summed E-state index contributed by atoms with van der Waals surface area (Å²) in [5, 5.41) is 3.79. The van der Waals surface area contributed by atoms with E-state index in [-0.39, 0.29) is 5.91 Å². The number of likely N-dealkylation sites (N-methyl/N-ethyl adjacent to an activating group) is 1. The van der Waals surface area contributed by atoms with Gasteiger partial charge in [0.2, 0.25) is 11.8 Å². The number of benzene rings is 1. The van der Waals surface area contributed by atoms with E-state index in [1.54, 1.807) is 7.05 Å². The Labute approximate surface area is 151 Å². The van der Waals surface area contributed by atoms with Crippen LogP contribution in [-0.4, -0.2) is 45.5 Å². The quantitative estimate of drug-likeness (QED) is 0.777. The van der Waals surface area contributed by atoms with E-state index >= 15 is 0 Å². The summed E-state index contributed by atoms with van der Waals surface area (Å²) in [7, 11) is 3.67. The second-order valence-corrected chi connectivity index (χ2v) is 6.49. The van der Waals surface area contributed by atoms with Crippen LogP contribution in [-0.2, 0) is 24.8 Å². The van der Waals surface area contributed by atoms with Crippen molar-refractivity contribution in [2.45, 2.75) is 13.0 Å². The van der Waals surface area contributed by atoms with Crippen LogP contribution in [0.3, 0.4) is 0 Å². The molecule has 3 aromatic rings. The van der Waals surface area contributed by atoms with Gasteiger partial charge >= 0.3 is 0 Å². The van der Waals surface area contributed by atoms with Gasteiger partial charge in [-0.25, -0.2) is 9.97 Å². The summed E-state index contributed by atoms with van der Waals surface area (Å²) in [5.41, 5.74) is 3.10. The lowest BCUT2D eigenvalue weighted by Gasteiger charge is -2.27. The maximum Gasteiger partial charge on any atom is 0.233 e. The molecule has 0 fully saturated rings. The van der Waals surface area contributed by atoms with E-state index < -0.39 is 0 Å². The molecule has 3 heterocycles. The van der Waals surface area contributed by atoms with E-state index in [2.05, 4.69) is 30.8 Å². The molecule has 0 saturated carbocycles. The molecule has 1 N–H and O–H groups in total. The molecule has 0 unspecified atom stereocenters. The summed E-state index contributed by atoms with van der Waals surface area (Å²) in [6.07, 6.45) is 4.32. The van der Waals surface area contributed by atoms with Crippen LogP contribution < -0.4 is 10.1 Å². The van der Waals surface area contributed by atoms with Crippen molar-refractivity contribution < 1.29 is 9.53 Å². The molecule has 7 heteroatoms. The van der Waals surface area contributed by atoms with Gasteiger partial charge in [0.1, 0.15) is 12.1 Å². The predicted octanol–water partition coefficient (Wildman–Crippen LogP) is 1.86. The SMILES string of the molecule is CNC(=O)CN1CCc2c(ncnc2Oc2ccc3c(ccn3C)c2)C1. The molecule has 26 heavy (non-hydrogen) atoms. The van der Waals surface area contributed by atoms with Gasteiger partial charge in [0.15, 0.2) is 0 Å². The largest absolute Gasteiger partial charge is 0.439 e. The number of fused-ring (bicyclic) bond motifs is 2. The fraction of sp³-hybridized carbons (Fsp3) is 0.316. The van der Waals surface area contributed by atoms with Gasteiger partial charge in [0, 0.05) is 49.8 Å². The zero-order valence-corrected chi connectivity index (χ0v) is 14.9. The molecule has 0 atom stereocenters. The molecule has 1 aliphatic heterocycles. The van der Waals surface area contributed by atoms with Gasteiger partial charge in [-0.1, -0.05) is 0 Å². The molecule has 1 aliphatic rings. The minimum atomic E-state index is 0.00939. The molecular formula is C19H21N5O2. The number of nitrogens with one attached hydrogen (secondary N) is 1. The van der Waals surface area contributed by atoms with E-state index in [9.17, 15) is 4.79 Å². The number of carbonyl (C=O) groups excluding carboxylic acids is 1. The van der Waals surface area contributed by atoms with Crippen molar-refractivity contribution in [2.75, 3.05) is 20.1 Å². The number of aromatic nitrogens is 3. The highest BCUT2D eigenvalue weighted by Gasteiger charge is 2.23. The van der Waals surface area contributed by atoms with Crippen molar-refractivity contribution in [3.8, 4) is 11.6 Å². The number of hydrogen-bond acceptors (Lipinski definition) is 5. The smallest absolute Gasteiger partial charge is 0.233 e. The lowest BCUT2D eigenvalue weighted by atomic mass is 10.1. The van der Waals surface area contributed by atoms with Crippen LogP contribution in [0.25, 0.3) is 10.9 Å². The third-order valence-corrected chi connectivity index (χ3v) is 4.76. The molecule has 134 valence electrons. The first kappa shape index (κ1) is 16.5. The molecule has 0 saturated heterocycles. The first-order valence-electron chi connectivity index (χ1n) is 8.62. The summed E-state index contributed by atoms with van der Waals surface area (Å²) < 4.78 is 8.15. The second-order valence-electron chi connectivity index (χ2n) is 6.49. The Morgan fingerprint density at radius 3 is 3.04 bits per heavy atom. The highest BCUT2D eigenvalue weighted by molar-refractivity contribution is 5.81. The van der Waals surface area contributed by atoms with Crippen LogP contribution >= 0.6 is 0 Å². The summed E-state index contributed by atoms with van der Waals surface area (Å²) in [6.45, 7) is 1.78. The van der Waals surface area contributed by atoms with Crippen molar-refractivity contribution >= 4 is 16.8 Å². The van der Waals surface area contributed by atoms with Gasteiger partial charge in [0.25, 0.3) is 0 Å². The normalized spacial score (nSPS) is 14.2. The van der Waals surface area contributed by atoms with Gasteiger partial charge < -0.3 is 14.6 Å². The van der Waals surface area contributed by atoms with Crippen LogP contribution in [0.15, 0.2) is 36.8 Å².